The Balaban J connectivity index is 2.52. The van der Waals surface area contributed by atoms with Crippen LogP contribution in [0.4, 0.5) is 0 Å². The minimum absolute atomic E-state index is 0.0892. The molecule has 2 unspecified atom stereocenters. The molecular formula is C18H26O2. The normalized spacial score (nSPS) is 13.5. The van der Waals surface area contributed by atoms with Gasteiger partial charge in [-0.15, -0.1) is 6.42 Å². The lowest BCUT2D eigenvalue weighted by Crippen LogP contribution is -2.22. The molecule has 0 amide bonds. The van der Waals surface area contributed by atoms with Crippen LogP contribution in [0, 0.1) is 18.3 Å². The van der Waals surface area contributed by atoms with Gasteiger partial charge in [0.1, 0.15) is 11.9 Å². The van der Waals surface area contributed by atoms with Crippen LogP contribution in [0.1, 0.15) is 45.1 Å². The Morgan fingerprint density at radius 2 is 1.90 bits per heavy atom. The first-order chi connectivity index (χ1) is 9.74. The monoisotopic (exact) mass is 274 g/mol. The van der Waals surface area contributed by atoms with Crippen LogP contribution in [-0.4, -0.2) is 13.2 Å². The van der Waals surface area contributed by atoms with Crippen molar-refractivity contribution >= 4 is 0 Å². The van der Waals surface area contributed by atoms with Gasteiger partial charge in [0.25, 0.3) is 0 Å². The van der Waals surface area contributed by atoms with Gasteiger partial charge in [-0.25, -0.2) is 0 Å². The second-order valence-electron chi connectivity index (χ2n) is 5.06. The minimum Gasteiger partial charge on any atom is -0.497 e. The van der Waals surface area contributed by atoms with Gasteiger partial charge >= 0.3 is 0 Å². The van der Waals surface area contributed by atoms with Crippen LogP contribution in [-0.2, 0) is 11.3 Å². The van der Waals surface area contributed by atoms with Crippen LogP contribution in [0.2, 0.25) is 0 Å². The maximum absolute atomic E-state index is 5.92. The van der Waals surface area contributed by atoms with E-state index in [4.69, 9.17) is 15.9 Å². The van der Waals surface area contributed by atoms with Crippen LogP contribution < -0.4 is 4.74 Å². The standard InChI is InChI=1S/C18H26O2/c1-5-8-9-16(6-2)18(7-3)20-14-15-10-12-17(19-4)13-11-15/h3,10-13,16,18H,5-6,8-9,14H2,1-2,4H3. The molecule has 0 bridgehead atoms. The first kappa shape index (κ1) is 16.6. The second-order valence-corrected chi connectivity index (χ2v) is 5.06. The number of benzene rings is 1. The van der Waals surface area contributed by atoms with E-state index in [-0.39, 0.29) is 6.10 Å². The van der Waals surface area contributed by atoms with Crippen LogP contribution in [0.25, 0.3) is 0 Å². The highest BCUT2D eigenvalue weighted by Gasteiger charge is 2.18. The smallest absolute Gasteiger partial charge is 0.121 e. The molecule has 1 aromatic rings. The number of methoxy groups -OCH3 is 1. The molecule has 0 saturated carbocycles. The van der Waals surface area contributed by atoms with Gasteiger partial charge in [-0.2, -0.15) is 0 Å². The predicted molar refractivity (Wildman–Crippen MR) is 83.7 cm³/mol. The van der Waals surface area contributed by atoms with E-state index in [1.54, 1.807) is 7.11 Å². The Kier molecular flexibility index (Phi) is 7.84. The van der Waals surface area contributed by atoms with Gasteiger partial charge in [0.15, 0.2) is 0 Å². The lowest BCUT2D eigenvalue weighted by Gasteiger charge is -2.22. The van der Waals surface area contributed by atoms with Crippen LogP contribution in [0.5, 0.6) is 5.75 Å². The van der Waals surface area contributed by atoms with Crippen molar-refractivity contribution in [3.05, 3.63) is 29.8 Å². The summed E-state index contributed by atoms with van der Waals surface area (Å²) in [6.45, 7) is 4.94. The molecule has 1 rings (SSSR count). The van der Waals surface area contributed by atoms with Crippen LogP contribution in [0.3, 0.4) is 0 Å². The Morgan fingerprint density at radius 1 is 1.20 bits per heavy atom. The molecule has 110 valence electrons. The molecule has 0 aliphatic carbocycles. The fraction of sp³-hybridized carbons (Fsp3) is 0.556. The van der Waals surface area contributed by atoms with Gasteiger partial charge in [-0.3, -0.25) is 0 Å². The SMILES string of the molecule is C#CC(OCc1ccc(OC)cc1)C(CC)CCCC. The zero-order valence-electron chi connectivity index (χ0n) is 12.9. The van der Waals surface area contributed by atoms with E-state index in [2.05, 4.69) is 19.8 Å². The van der Waals surface area contributed by atoms with Crippen molar-refractivity contribution in [3.8, 4) is 18.1 Å². The first-order valence-corrected chi connectivity index (χ1v) is 7.45. The Labute approximate surface area is 123 Å². The van der Waals surface area contributed by atoms with Crippen molar-refractivity contribution < 1.29 is 9.47 Å². The summed E-state index contributed by atoms with van der Waals surface area (Å²) in [4.78, 5) is 0. The summed E-state index contributed by atoms with van der Waals surface area (Å²) in [5, 5.41) is 0. The average Bonchev–Trinajstić information content (AvgIpc) is 2.51. The Bertz CT molecular complexity index is 402. The number of ether oxygens (including phenoxy) is 2. The molecule has 0 spiro atoms. The third kappa shape index (κ3) is 5.27. The molecule has 20 heavy (non-hydrogen) atoms. The van der Waals surface area contributed by atoms with Crippen LogP contribution >= 0.6 is 0 Å². The topological polar surface area (TPSA) is 18.5 Å². The van der Waals surface area contributed by atoms with Crippen LogP contribution in [0.15, 0.2) is 24.3 Å². The quantitative estimate of drug-likeness (QED) is 0.620. The van der Waals surface area contributed by atoms with Gasteiger partial charge in [0, 0.05) is 0 Å². The van der Waals surface area contributed by atoms with Crippen molar-refractivity contribution in [1.29, 1.82) is 0 Å². The third-order valence-corrected chi connectivity index (χ3v) is 3.63. The van der Waals surface area contributed by atoms with E-state index in [1.165, 1.54) is 12.8 Å². The molecule has 2 heteroatoms. The molecule has 0 aliphatic heterocycles. The van der Waals surface area contributed by atoms with Gasteiger partial charge in [0.2, 0.25) is 0 Å². The van der Waals surface area contributed by atoms with E-state index in [9.17, 15) is 0 Å². The highest BCUT2D eigenvalue weighted by Crippen LogP contribution is 2.21. The molecule has 0 N–H and O–H groups in total. The molecule has 0 radical (unpaired) electrons. The maximum atomic E-state index is 5.92. The highest BCUT2D eigenvalue weighted by atomic mass is 16.5. The highest BCUT2D eigenvalue weighted by molar-refractivity contribution is 5.26. The number of hydrogen-bond donors (Lipinski definition) is 0. The van der Waals surface area contributed by atoms with Crippen molar-refractivity contribution in [2.45, 2.75) is 52.2 Å². The molecule has 2 atom stereocenters. The van der Waals surface area contributed by atoms with Gasteiger partial charge in [-0.05, 0) is 36.5 Å². The molecule has 0 saturated heterocycles. The third-order valence-electron chi connectivity index (χ3n) is 3.63. The summed E-state index contributed by atoms with van der Waals surface area (Å²) >= 11 is 0. The zero-order chi connectivity index (χ0) is 14.8. The first-order valence-electron chi connectivity index (χ1n) is 7.45. The van der Waals surface area contributed by atoms with E-state index in [0.717, 1.165) is 24.2 Å². The fourth-order valence-electron chi connectivity index (χ4n) is 2.26. The molecule has 1 aromatic carbocycles. The fourth-order valence-corrected chi connectivity index (χ4v) is 2.26. The lowest BCUT2D eigenvalue weighted by molar-refractivity contribution is 0.0344. The largest absolute Gasteiger partial charge is 0.497 e. The summed E-state index contributed by atoms with van der Waals surface area (Å²) in [6.07, 6.45) is 10.2. The van der Waals surface area contributed by atoms with Crippen molar-refractivity contribution in [2.24, 2.45) is 5.92 Å². The van der Waals surface area contributed by atoms with E-state index in [1.807, 2.05) is 24.3 Å². The summed E-state index contributed by atoms with van der Waals surface area (Å²) in [5.74, 6) is 4.12. The molecule has 0 fully saturated rings. The minimum atomic E-state index is -0.0892. The summed E-state index contributed by atoms with van der Waals surface area (Å²) < 4.78 is 11.1. The lowest BCUT2D eigenvalue weighted by atomic mass is 9.93. The molecule has 0 aliphatic rings. The predicted octanol–water partition coefficient (Wildman–Crippen LogP) is 4.43. The van der Waals surface area contributed by atoms with Crippen molar-refractivity contribution in [3.63, 3.8) is 0 Å². The Morgan fingerprint density at radius 3 is 2.40 bits per heavy atom. The maximum Gasteiger partial charge on any atom is 0.121 e. The van der Waals surface area contributed by atoms with E-state index < -0.39 is 0 Å². The van der Waals surface area contributed by atoms with Gasteiger partial charge in [-0.1, -0.05) is 44.7 Å². The summed E-state index contributed by atoms with van der Waals surface area (Å²) in [5.41, 5.74) is 1.12. The van der Waals surface area contributed by atoms with Gasteiger partial charge < -0.3 is 9.47 Å². The van der Waals surface area contributed by atoms with E-state index >= 15 is 0 Å². The van der Waals surface area contributed by atoms with Crippen molar-refractivity contribution in [1.82, 2.24) is 0 Å². The number of hydrogen-bond acceptors (Lipinski definition) is 2. The van der Waals surface area contributed by atoms with E-state index in [0.29, 0.717) is 12.5 Å². The zero-order valence-corrected chi connectivity index (χ0v) is 12.9. The number of terminal acetylenes is 1. The molecular weight excluding hydrogens is 248 g/mol. The van der Waals surface area contributed by atoms with Crippen molar-refractivity contribution in [2.75, 3.05) is 7.11 Å². The second kappa shape index (κ2) is 9.44. The molecule has 2 nitrogen and oxygen atoms in total. The Hall–Kier alpha value is -1.46. The van der Waals surface area contributed by atoms with Gasteiger partial charge in [0.05, 0.1) is 13.7 Å². The average molecular weight is 274 g/mol. The number of unbranched alkanes of at least 4 members (excludes halogenated alkanes) is 1. The number of rotatable bonds is 9. The molecule has 0 aromatic heterocycles. The summed E-state index contributed by atoms with van der Waals surface area (Å²) in [6, 6.07) is 7.91. The summed E-state index contributed by atoms with van der Waals surface area (Å²) in [7, 11) is 1.67. The molecule has 0 heterocycles.